The molecular formula is C18H11FN4O. The predicted octanol–water partition coefficient (Wildman–Crippen LogP) is 3.64. The third-order valence-corrected chi connectivity index (χ3v) is 3.00. The summed E-state index contributed by atoms with van der Waals surface area (Å²) in [4.78, 5) is 0. The van der Waals surface area contributed by atoms with E-state index in [1.165, 1.54) is 12.1 Å². The zero-order valence-electron chi connectivity index (χ0n) is 12.5. The van der Waals surface area contributed by atoms with Crippen LogP contribution in [0.5, 0.6) is 5.75 Å². The molecule has 0 amide bonds. The molecule has 2 rings (SSSR count). The Balaban J connectivity index is 2.04. The molecule has 0 aliphatic carbocycles. The van der Waals surface area contributed by atoms with Crippen LogP contribution in [0.25, 0.3) is 0 Å². The van der Waals surface area contributed by atoms with Gasteiger partial charge in [0.05, 0.1) is 0 Å². The highest BCUT2D eigenvalue weighted by atomic mass is 19.1. The van der Waals surface area contributed by atoms with Gasteiger partial charge < -0.3 is 10.1 Å². The van der Waals surface area contributed by atoms with Crippen LogP contribution >= 0.6 is 0 Å². The number of anilines is 1. The van der Waals surface area contributed by atoms with Gasteiger partial charge in [-0.15, -0.1) is 0 Å². The second kappa shape index (κ2) is 7.98. The summed E-state index contributed by atoms with van der Waals surface area (Å²) in [6.07, 6.45) is 0. The smallest absolute Gasteiger partial charge is 0.163 e. The van der Waals surface area contributed by atoms with Crippen molar-refractivity contribution in [2.45, 2.75) is 6.61 Å². The van der Waals surface area contributed by atoms with Crippen molar-refractivity contribution in [1.29, 1.82) is 15.8 Å². The van der Waals surface area contributed by atoms with Gasteiger partial charge in [-0.05, 0) is 42.0 Å². The normalized spacial score (nSPS) is 9.08. The molecule has 0 saturated carbocycles. The maximum atomic E-state index is 13.1. The third kappa shape index (κ3) is 4.34. The summed E-state index contributed by atoms with van der Waals surface area (Å²) < 4.78 is 18.6. The molecule has 0 spiro atoms. The summed E-state index contributed by atoms with van der Waals surface area (Å²) in [5, 5.41) is 29.2. The van der Waals surface area contributed by atoms with Gasteiger partial charge in [-0.2, -0.15) is 15.8 Å². The van der Waals surface area contributed by atoms with E-state index in [-0.39, 0.29) is 23.7 Å². The maximum Gasteiger partial charge on any atom is 0.163 e. The molecule has 0 aromatic heterocycles. The van der Waals surface area contributed by atoms with Crippen molar-refractivity contribution in [2.75, 3.05) is 5.32 Å². The van der Waals surface area contributed by atoms with Crippen LogP contribution < -0.4 is 10.1 Å². The number of rotatable bonds is 5. The molecule has 6 heteroatoms. The van der Waals surface area contributed by atoms with E-state index in [0.29, 0.717) is 17.0 Å². The minimum absolute atomic E-state index is 0.117. The average Bonchev–Trinajstić information content (AvgIpc) is 2.61. The quantitative estimate of drug-likeness (QED) is 0.850. The number of nitrogens with one attached hydrogen (secondary N) is 1. The molecule has 0 aliphatic rings. The Bertz CT molecular complexity index is 867. The number of hydrogen-bond acceptors (Lipinski definition) is 5. The molecule has 0 bridgehead atoms. The standard InChI is InChI=1S/C18H11FN4O/c19-15-3-1-2-13(8-15)12-24-17-6-4-16(5-7-17)23-18(11-22)14(9-20)10-21/h1-8,23H,12H2. The highest BCUT2D eigenvalue weighted by Gasteiger charge is 2.06. The molecule has 116 valence electrons. The van der Waals surface area contributed by atoms with Crippen LogP contribution in [0.15, 0.2) is 59.8 Å². The van der Waals surface area contributed by atoms with Crippen molar-refractivity contribution in [3.05, 3.63) is 71.2 Å². The van der Waals surface area contributed by atoms with Crippen molar-refractivity contribution in [2.24, 2.45) is 0 Å². The van der Waals surface area contributed by atoms with Crippen LogP contribution in [-0.2, 0) is 6.61 Å². The van der Waals surface area contributed by atoms with Crippen LogP contribution in [0.3, 0.4) is 0 Å². The van der Waals surface area contributed by atoms with Gasteiger partial charge in [0, 0.05) is 5.69 Å². The summed E-state index contributed by atoms with van der Waals surface area (Å²) in [6, 6.07) is 17.8. The molecule has 0 fully saturated rings. The van der Waals surface area contributed by atoms with Gasteiger partial charge in [-0.25, -0.2) is 4.39 Å². The number of halogens is 1. The number of benzene rings is 2. The molecule has 0 unspecified atom stereocenters. The minimum atomic E-state index is -0.322. The van der Waals surface area contributed by atoms with E-state index >= 15 is 0 Å². The predicted molar refractivity (Wildman–Crippen MR) is 84.7 cm³/mol. The van der Waals surface area contributed by atoms with E-state index in [0.717, 1.165) is 0 Å². The van der Waals surface area contributed by atoms with Crippen molar-refractivity contribution in [3.63, 3.8) is 0 Å². The third-order valence-electron chi connectivity index (χ3n) is 3.00. The second-order valence-electron chi connectivity index (χ2n) is 4.65. The minimum Gasteiger partial charge on any atom is -0.489 e. The van der Waals surface area contributed by atoms with Gasteiger partial charge in [0.25, 0.3) is 0 Å². The molecule has 1 N–H and O–H groups in total. The Hall–Kier alpha value is -3.82. The molecule has 0 saturated heterocycles. The average molecular weight is 318 g/mol. The Morgan fingerprint density at radius 1 is 1.00 bits per heavy atom. The summed E-state index contributed by atoms with van der Waals surface area (Å²) in [6.45, 7) is 0.223. The van der Waals surface area contributed by atoms with E-state index in [9.17, 15) is 4.39 Å². The van der Waals surface area contributed by atoms with E-state index in [4.69, 9.17) is 20.5 Å². The van der Waals surface area contributed by atoms with Gasteiger partial charge in [0.2, 0.25) is 0 Å². The fourth-order valence-electron chi connectivity index (χ4n) is 1.86. The Morgan fingerprint density at radius 3 is 2.29 bits per heavy atom. The first-order valence-electron chi connectivity index (χ1n) is 6.85. The topological polar surface area (TPSA) is 92.6 Å². The van der Waals surface area contributed by atoms with Crippen molar-refractivity contribution in [1.82, 2.24) is 0 Å². The van der Waals surface area contributed by atoms with Crippen LogP contribution in [0.1, 0.15) is 5.56 Å². The molecule has 5 nitrogen and oxygen atoms in total. The number of nitriles is 3. The van der Waals surface area contributed by atoms with Gasteiger partial charge in [0.15, 0.2) is 5.57 Å². The monoisotopic (exact) mass is 318 g/mol. The SMILES string of the molecule is N#CC(C#N)=C(C#N)Nc1ccc(OCc2cccc(F)c2)cc1. The van der Waals surface area contributed by atoms with Gasteiger partial charge in [-0.3, -0.25) is 0 Å². The number of nitrogens with zero attached hydrogens (tertiary/aromatic N) is 3. The Labute approximate surface area is 138 Å². The van der Waals surface area contributed by atoms with Crippen molar-refractivity contribution >= 4 is 5.69 Å². The van der Waals surface area contributed by atoms with Crippen LogP contribution in [0, 0.1) is 39.8 Å². The summed E-state index contributed by atoms with van der Waals surface area (Å²) >= 11 is 0. The van der Waals surface area contributed by atoms with E-state index < -0.39 is 0 Å². The van der Waals surface area contributed by atoms with Gasteiger partial charge >= 0.3 is 0 Å². The molecule has 2 aromatic carbocycles. The second-order valence-corrected chi connectivity index (χ2v) is 4.65. The van der Waals surface area contributed by atoms with E-state index in [2.05, 4.69) is 5.32 Å². The van der Waals surface area contributed by atoms with Crippen molar-refractivity contribution < 1.29 is 9.13 Å². The molecule has 0 radical (unpaired) electrons. The summed E-state index contributed by atoms with van der Waals surface area (Å²) in [5.74, 6) is 0.241. The molecule has 24 heavy (non-hydrogen) atoms. The summed E-state index contributed by atoms with van der Waals surface area (Å²) in [7, 11) is 0. The lowest BCUT2D eigenvalue weighted by Gasteiger charge is -2.08. The first kappa shape index (κ1) is 16.5. The molecular weight excluding hydrogens is 307 g/mol. The zero-order valence-corrected chi connectivity index (χ0v) is 12.5. The highest BCUT2D eigenvalue weighted by Crippen LogP contribution is 2.19. The van der Waals surface area contributed by atoms with E-state index in [1.807, 2.05) is 0 Å². The lowest BCUT2D eigenvalue weighted by atomic mass is 10.2. The highest BCUT2D eigenvalue weighted by molar-refractivity contribution is 5.58. The van der Waals surface area contributed by atoms with Crippen LogP contribution in [0.2, 0.25) is 0 Å². The molecule has 0 aliphatic heterocycles. The van der Waals surface area contributed by atoms with Crippen LogP contribution in [-0.4, -0.2) is 0 Å². The van der Waals surface area contributed by atoms with E-state index in [1.54, 1.807) is 54.6 Å². The first-order chi connectivity index (χ1) is 11.7. The number of allylic oxidation sites excluding steroid dienone is 2. The Kier molecular flexibility index (Phi) is 5.50. The van der Waals surface area contributed by atoms with Gasteiger partial charge in [0.1, 0.15) is 42.1 Å². The fraction of sp³-hybridized carbons (Fsp3) is 0.0556. The molecule has 0 atom stereocenters. The first-order valence-corrected chi connectivity index (χ1v) is 6.85. The Morgan fingerprint density at radius 2 is 1.71 bits per heavy atom. The maximum absolute atomic E-state index is 13.1. The largest absolute Gasteiger partial charge is 0.489 e. The van der Waals surface area contributed by atoms with Gasteiger partial charge in [-0.1, -0.05) is 12.1 Å². The fourth-order valence-corrected chi connectivity index (χ4v) is 1.86. The van der Waals surface area contributed by atoms with Crippen LogP contribution in [0.4, 0.5) is 10.1 Å². The van der Waals surface area contributed by atoms with Crippen molar-refractivity contribution in [3.8, 4) is 24.0 Å². The number of hydrogen-bond donors (Lipinski definition) is 1. The number of ether oxygens (including phenoxy) is 1. The zero-order chi connectivity index (χ0) is 17.4. The lowest BCUT2D eigenvalue weighted by Crippen LogP contribution is -2.01. The lowest BCUT2D eigenvalue weighted by molar-refractivity contribution is 0.305. The molecule has 0 heterocycles. The summed E-state index contributed by atoms with van der Waals surface area (Å²) in [5.41, 5.74) is 0.838. The molecule has 2 aromatic rings.